The molecule has 1 saturated carbocycles. The fourth-order valence-electron chi connectivity index (χ4n) is 3.31. The number of aryl methyl sites for hydroxylation is 1. The average molecular weight is 279 g/mol. The molecule has 2 aromatic rings. The topological polar surface area (TPSA) is 3.24 Å². The van der Waals surface area contributed by atoms with E-state index in [4.69, 9.17) is 0 Å². The van der Waals surface area contributed by atoms with E-state index in [-0.39, 0.29) is 0 Å². The van der Waals surface area contributed by atoms with Crippen molar-refractivity contribution in [2.24, 2.45) is 0 Å². The molecule has 0 saturated heterocycles. The van der Waals surface area contributed by atoms with Crippen molar-refractivity contribution >= 4 is 0 Å². The molecule has 0 amide bonds. The van der Waals surface area contributed by atoms with Gasteiger partial charge in [-0.1, -0.05) is 67.6 Å². The van der Waals surface area contributed by atoms with Crippen LogP contribution in [0.1, 0.15) is 37.3 Å². The van der Waals surface area contributed by atoms with Crippen LogP contribution in [0, 0.1) is 0 Å². The minimum absolute atomic E-state index is 0.459. The summed E-state index contributed by atoms with van der Waals surface area (Å²) in [5.41, 5.74) is 3.37. The molecule has 0 atom stereocenters. The maximum Gasteiger partial charge on any atom is 0.0239 e. The van der Waals surface area contributed by atoms with Crippen molar-refractivity contribution in [3.05, 3.63) is 71.8 Å². The first-order valence-corrected chi connectivity index (χ1v) is 8.15. The van der Waals surface area contributed by atoms with Crippen LogP contribution in [0.2, 0.25) is 0 Å². The van der Waals surface area contributed by atoms with Crippen LogP contribution in [0.5, 0.6) is 0 Å². The second kappa shape index (κ2) is 6.44. The average Bonchev–Trinajstić information content (AvgIpc) is 3.34. The van der Waals surface area contributed by atoms with E-state index in [0.717, 1.165) is 13.1 Å². The Labute approximate surface area is 128 Å². The lowest BCUT2D eigenvalue weighted by molar-refractivity contribution is 0.167. The normalized spacial score (nSPS) is 16.1. The monoisotopic (exact) mass is 279 g/mol. The highest BCUT2D eigenvalue weighted by molar-refractivity contribution is 5.18. The SMILES string of the molecule is CCN(Cc1ccccc1)C1(CCc2ccccc2)CC1. The third-order valence-electron chi connectivity index (χ3n) is 4.82. The third kappa shape index (κ3) is 3.54. The summed E-state index contributed by atoms with van der Waals surface area (Å²) in [5.74, 6) is 0. The predicted molar refractivity (Wildman–Crippen MR) is 89.3 cm³/mol. The molecular weight excluding hydrogens is 254 g/mol. The lowest BCUT2D eigenvalue weighted by Gasteiger charge is -2.31. The van der Waals surface area contributed by atoms with Crippen LogP contribution >= 0.6 is 0 Å². The molecule has 0 heterocycles. The fraction of sp³-hybridized carbons (Fsp3) is 0.400. The molecule has 1 aliphatic carbocycles. The standard InChI is InChI=1S/C20H25N/c1-2-21(17-19-11-7-4-8-12-19)20(15-16-20)14-13-18-9-5-3-6-10-18/h3-12H,2,13-17H2,1H3. The summed E-state index contributed by atoms with van der Waals surface area (Å²) >= 11 is 0. The number of hydrogen-bond acceptors (Lipinski definition) is 1. The molecule has 1 nitrogen and oxygen atoms in total. The number of hydrogen-bond donors (Lipinski definition) is 0. The fourth-order valence-corrected chi connectivity index (χ4v) is 3.31. The second-order valence-electron chi connectivity index (χ2n) is 6.21. The molecule has 1 aliphatic rings. The van der Waals surface area contributed by atoms with Gasteiger partial charge in [0.15, 0.2) is 0 Å². The van der Waals surface area contributed by atoms with Crippen LogP contribution in [-0.2, 0) is 13.0 Å². The van der Waals surface area contributed by atoms with Gasteiger partial charge in [-0.3, -0.25) is 4.90 Å². The second-order valence-corrected chi connectivity index (χ2v) is 6.21. The highest BCUT2D eigenvalue weighted by atomic mass is 15.2. The Morgan fingerprint density at radius 3 is 1.95 bits per heavy atom. The van der Waals surface area contributed by atoms with Gasteiger partial charge >= 0.3 is 0 Å². The van der Waals surface area contributed by atoms with Crippen LogP contribution in [0.3, 0.4) is 0 Å². The van der Waals surface area contributed by atoms with E-state index in [1.807, 2.05) is 0 Å². The molecular formula is C20H25N. The van der Waals surface area contributed by atoms with E-state index in [0.29, 0.717) is 5.54 Å². The Morgan fingerprint density at radius 2 is 1.43 bits per heavy atom. The van der Waals surface area contributed by atoms with Crippen LogP contribution in [0.4, 0.5) is 0 Å². The third-order valence-corrected chi connectivity index (χ3v) is 4.82. The van der Waals surface area contributed by atoms with Gasteiger partial charge in [-0.2, -0.15) is 0 Å². The molecule has 0 N–H and O–H groups in total. The Bertz CT molecular complexity index is 543. The molecule has 1 heteroatoms. The number of benzene rings is 2. The van der Waals surface area contributed by atoms with Gasteiger partial charge in [0.05, 0.1) is 0 Å². The maximum absolute atomic E-state index is 2.69. The van der Waals surface area contributed by atoms with Crippen LogP contribution in [0.25, 0.3) is 0 Å². The van der Waals surface area contributed by atoms with Gasteiger partial charge in [-0.05, 0) is 43.4 Å². The highest BCUT2D eigenvalue weighted by Gasteiger charge is 2.46. The molecule has 0 aliphatic heterocycles. The van der Waals surface area contributed by atoms with Gasteiger partial charge in [0.25, 0.3) is 0 Å². The lowest BCUT2D eigenvalue weighted by atomic mass is 10.0. The van der Waals surface area contributed by atoms with E-state index in [9.17, 15) is 0 Å². The summed E-state index contributed by atoms with van der Waals surface area (Å²) in [4.78, 5) is 2.69. The Morgan fingerprint density at radius 1 is 0.857 bits per heavy atom. The molecule has 0 radical (unpaired) electrons. The van der Waals surface area contributed by atoms with Gasteiger partial charge in [0.2, 0.25) is 0 Å². The zero-order valence-corrected chi connectivity index (χ0v) is 13.0. The van der Waals surface area contributed by atoms with E-state index < -0.39 is 0 Å². The van der Waals surface area contributed by atoms with Crippen LogP contribution in [-0.4, -0.2) is 17.0 Å². The van der Waals surface area contributed by atoms with Crippen molar-refractivity contribution < 1.29 is 0 Å². The van der Waals surface area contributed by atoms with Gasteiger partial charge in [0, 0.05) is 12.1 Å². The summed E-state index contributed by atoms with van der Waals surface area (Å²) in [7, 11) is 0. The number of rotatable bonds is 7. The minimum atomic E-state index is 0.459. The molecule has 0 aromatic heterocycles. The molecule has 0 spiro atoms. The van der Waals surface area contributed by atoms with Gasteiger partial charge in [-0.15, -0.1) is 0 Å². The van der Waals surface area contributed by atoms with Gasteiger partial charge in [0.1, 0.15) is 0 Å². The summed E-state index contributed by atoms with van der Waals surface area (Å²) < 4.78 is 0. The van der Waals surface area contributed by atoms with Crippen molar-refractivity contribution in [2.45, 2.75) is 44.7 Å². The van der Waals surface area contributed by atoms with Crippen molar-refractivity contribution in [3.63, 3.8) is 0 Å². The summed E-state index contributed by atoms with van der Waals surface area (Å²) in [6.45, 7) is 4.53. The van der Waals surface area contributed by atoms with E-state index in [1.165, 1.54) is 36.8 Å². The van der Waals surface area contributed by atoms with Gasteiger partial charge < -0.3 is 0 Å². The molecule has 0 unspecified atom stereocenters. The lowest BCUT2D eigenvalue weighted by Crippen LogP contribution is -2.37. The first-order chi connectivity index (χ1) is 10.3. The van der Waals surface area contributed by atoms with Crippen molar-refractivity contribution in [3.8, 4) is 0 Å². The first-order valence-electron chi connectivity index (χ1n) is 8.15. The zero-order valence-electron chi connectivity index (χ0n) is 13.0. The van der Waals surface area contributed by atoms with E-state index in [1.54, 1.807) is 0 Å². The quantitative estimate of drug-likeness (QED) is 0.711. The number of nitrogens with zero attached hydrogens (tertiary/aromatic N) is 1. The predicted octanol–water partition coefficient (Wildman–Crippen LogP) is 4.67. The van der Waals surface area contributed by atoms with E-state index >= 15 is 0 Å². The van der Waals surface area contributed by atoms with Crippen molar-refractivity contribution in [1.29, 1.82) is 0 Å². The summed E-state index contributed by atoms with van der Waals surface area (Å²) in [5, 5.41) is 0. The zero-order chi connectivity index (χ0) is 14.5. The minimum Gasteiger partial charge on any atom is -0.294 e. The van der Waals surface area contributed by atoms with Crippen LogP contribution in [0.15, 0.2) is 60.7 Å². The van der Waals surface area contributed by atoms with Gasteiger partial charge in [-0.25, -0.2) is 0 Å². The Balaban J connectivity index is 1.63. The first kappa shape index (κ1) is 14.3. The Kier molecular flexibility index (Phi) is 4.40. The van der Waals surface area contributed by atoms with Crippen molar-refractivity contribution in [2.75, 3.05) is 6.54 Å². The summed E-state index contributed by atoms with van der Waals surface area (Å²) in [6, 6.07) is 21.8. The largest absolute Gasteiger partial charge is 0.294 e. The van der Waals surface area contributed by atoms with Crippen molar-refractivity contribution in [1.82, 2.24) is 4.90 Å². The molecule has 2 aromatic carbocycles. The molecule has 1 fully saturated rings. The molecule has 110 valence electrons. The molecule has 0 bridgehead atoms. The maximum atomic E-state index is 2.69. The van der Waals surface area contributed by atoms with E-state index in [2.05, 4.69) is 72.5 Å². The molecule has 21 heavy (non-hydrogen) atoms. The smallest absolute Gasteiger partial charge is 0.0239 e. The highest BCUT2D eigenvalue weighted by Crippen LogP contribution is 2.46. The summed E-state index contributed by atoms with van der Waals surface area (Å²) in [6.07, 6.45) is 5.21. The Hall–Kier alpha value is -1.60. The van der Waals surface area contributed by atoms with Crippen LogP contribution < -0.4 is 0 Å². The molecule has 3 rings (SSSR count).